The van der Waals surface area contributed by atoms with Gasteiger partial charge in [0, 0.05) is 31.2 Å². The molecule has 2 N–H and O–H groups in total. The van der Waals surface area contributed by atoms with Gasteiger partial charge in [-0.25, -0.2) is 21.6 Å². The first-order chi connectivity index (χ1) is 11.6. The molecule has 8 nitrogen and oxygen atoms in total. The van der Waals surface area contributed by atoms with Gasteiger partial charge in [-0.2, -0.15) is 4.31 Å². The minimum Gasteiger partial charge on any atom is -0.326 e. The maximum atomic E-state index is 12.7. The third-order valence-corrected chi connectivity index (χ3v) is 6.61. The van der Waals surface area contributed by atoms with Crippen LogP contribution in [0.5, 0.6) is 0 Å². The molecule has 10 heteroatoms. The zero-order valence-electron chi connectivity index (χ0n) is 14.2. The summed E-state index contributed by atoms with van der Waals surface area (Å²) in [6.07, 6.45) is 2.29. The molecule has 1 aromatic carbocycles. The standard InChI is InChI=1S/C15H23N3O5S2/c1-3-15(19)16-12-4-6-14(7-5-12)25(22,23)18-10-8-13(9-11-18)17-24(2,20)21/h4-7,13,17H,3,8-11H2,1-2H3,(H,16,19). The third kappa shape index (κ3) is 5.50. The van der Waals surface area contributed by atoms with E-state index >= 15 is 0 Å². The van der Waals surface area contributed by atoms with Crippen molar-refractivity contribution in [2.75, 3.05) is 24.7 Å². The summed E-state index contributed by atoms with van der Waals surface area (Å²) in [4.78, 5) is 11.5. The van der Waals surface area contributed by atoms with Crippen LogP contribution >= 0.6 is 0 Å². The van der Waals surface area contributed by atoms with E-state index in [9.17, 15) is 21.6 Å². The van der Waals surface area contributed by atoms with Gasteiger partial charge < -0.3 is 5.32 Å². The van der Waals surface area contributed by atoms with Crippen LogP contribution in [0.1, 0.15) is 26.2 Å². The number of carbonyl (C=O) groups is 1. The molecule has 25 heavy (non-hydrogen) atoms. The summed E-state index contributed by atoms with van der Waals surface area (Å²) < 4.78 is 51.7. The molecule has 1 aliphatic heterocycles. The average molecular weight is 389 g/mol. The molecule has 0 aliphatic carbocycles. The SMILES string of the molecule is CCC(=O)Nc1ccc(S(=O)(=O)N2CCC(NS(C)(=O)=O)CC2)cc1. The lowest BCUT2D eigenvalue weighted by Gasteiger charge is -2.31. The van der Waals surface area contributed by atoms with E-state index in [1.54, 1.807) is 19.1 Å². The molecule has 0 atom stereocenters. The fraction of sp³-hybridized carbons (Fsp3) is 0.533. The molecule has 0 spiro atoms. The van der Waals surface area contributed by atoms with E-state index in [-0.39, 0.29) is 29.9 Å². The van der Waals surface area contributed by atoms with Gasteiger partial charge in [-0.15, -0.1) is 0 Å². The fourth-order valence-corrected chi connectivity index (χ4v) is 4.94. The second-order valence-electron chi connectivity index (χ2n) is 5.99. The second-order valence-corrected chi connectivity index (χ2v) is 9.71. The molecule has 1 aliphatic rings. The number of rotatable bonds is 6. The predicted octanol–water partition coefficient (Wildman–Crippen LogP) is 0.737. The van der Waals surface area contributed by atoms with E-state index in [0.29, 0.717) is 24.9 Å². The number of benzene rings is 1. The number of piperidine rings is 1. The third-order valence-electron chi connectivity index (χ3n) is 3.93. The van der Waals surface area contributed by atoms with Gasteiger partial charge >= 0.3 is 0 Å². The molecule has 0 unspecified atom stereocenters. The van der Waals surface area contributed by atoms with Gasteiger partial charge in [0.15, 0.2) is 0 Å². The molecule has 0 radical (unpaired) electrons. The Morgan fingerprint density at radius 3 is 2.16 bits per heavy atom. The molecule has 140 valence electrons. The van der Waals surface area contributed by atoms with Gasteiger partial charge in [0.25, 0.3) is 0 Å². The van der Waals surface area contributed by atoms with E-state index in [0.717, 1.165) is 6.26 Å². The Balaban J connectivity index is 2.03. The van der Waals surface area contributed by atoms with Crippen molar-refractivity contribution < 1.29 is 21.6 Å². The summed E-state index contributed by atoms with van der Waals surface area (Å²) >= 11 is 0. The van der Waals surface area contributed by atoms with Crippen molar-refractivity contribution >= 4 is 31.6 Å². The molecule has 1 saturated heterocycles. The normalized spacial score (nSPS) is 17.4. The number of anilines is 1. The van der Waals surface area contributed by atoms with E-state index in [2.05, 4.69) is 10.0 Å². The monoisotopic (exact) mass is 389 g/mol. The molecule has 1 amide bonds. The summed E-state index contributed by atoms with van der Waals surface area (Å²) in [5.74, 6) is -0.143. The average Bonchev–Trinajstić information content (AvgIpc) is 2.54. The number of carbonyl (C=O) groups excluding carboxylic acids is 1. The van der Waals surface area contributed by atoms with E-state index in [4.69, 9.17) is 0 Å². The Morgan fingerprint density at radius 1 is 1.12 bits per heavy atom. The Bertz CT molecular complexity index is 811. The minimum absolute atomic E-state index is 0.143. The smallest absolute Gasteiger partial charge is 0.243 e. The lowest BCUT2D eigenvalue weighted by atomic mass is 10.1. The molecule has 0 bridgehead atoms. The lowest BCUT2D eigenvalue weighted by molar-refractivity contribution is -0.115. The topological polar surface area (TPSA) is 113 Å². The van der Waals surface area contributed by atoms with Crippen molar-refractivity contribution in [3.63, 3.8) is 0 Å². The maximum absolute atomic E-state index is 12.7. The summed E-state index contributed by atoms with van der Waals surface area (Å²) in [5.41, 5.74) is 0.543. The van der Waals surface area contributed by atoms with Gasteiger partial charge in [-0.05, 0) is 37.1 Å². The highest BCUT2D eigenvalue weighted by molar-refractivity contribution is 7.89. The zero-order valence-corrected chi connectivity index (χ0v) is 15.9. The van der Waals surface area contributed by atoms with Gasteiger partial charge in [-0.1, -0.05) is 6.92 Å². The van der Waals surface area contributed by atoms with Crippen LogP contribution in [0.15, 0.2) is 29.2 Å². The minimum atomic E-state index is -3.64. The van der Waals surface area contributed by atoms with E-state index < -0.39 is 20.0 Å². The number of hydrogen-bond acceptors (Lipinski definition) is 5. The first kappa shape index (κ1) is 19.8. The Labute approximate surface area is 148 Å². The van der Waals surface area contributed by atoms with Crippen LogP contribution in [-0.2, 0) is 24.8 Å². The van der Waals surface area contributed by atoms with Crippen molar-refractivity contribution in [3.05, 3.63) is 24.3 Å². The van der Waals surface area contributed by atoms with Crippen LogP contribution in [0, 0.1) is 0 Å². The molecule has 1 heterocycles. The molecule has 2 rings (SSSR count). The van der Waals surface area contributed by atoms with Crippen LogP contribution in [0.3, 0.4) is 0 Å². The van der Waals surface area contributed by atoms with Crippen molar-refractivity contribution in [1.29, 1.82) is 0 Å². The number of nitrogens with one attached hydrogen (secondary N) is 2. The number of sulfonamides is 2. The van der Waals surface area contributed by atoms with Gasteiger partial charge in [0.1, 0.15) is 0 Å². The number of amides is 1. The number of hydrogen-bond donors (Lipinski definition) is 2. The van der Waals surface area contributed by atoms with Crippen LogP contribution in [0.2, 0.25) is 0 Å². The molecule has 0 aromatic heterocycles. The molecular formula is C15H23N3O5S2. The highest BCUT2D eigenvalue weighted by Crippen LogP contribution is 2.22. The van der Waals surface area contributed by atoms with E-state index in [1.807, 2.05) is 0 Å². The predicted molar refractivity (Wildman–Crippen MR) is 95.1 cm³/mol. The van der Waals surface area contributed by atoms with Crippen LogP contribution in [-0.4, -0.2) is 52.4 Å². The first-order valence-electron chi connectivity index (χ1n) is 7.99. The van der Waals surface area contributed by atoms with Crippen molar-refractivity contribution in [2.45, 2.75) is 37.1 Å². The summed E-state index contributed by atoms with van der Waals surface area (Å²) in [7, 11) is -6.93. The van der Waals surface area contributed by atoms with Crippen LogP contribution in [0.25, 0.3) is 0 Å². The first-order valence-corrected chi connectivity index (χ1v) is 11.3. The summed E-state index contributed by atoms with van der Waals surface area (Å²) in [6, 6.07) is 5.78. The molecule has 0 saturated carbocycles. The zero-order chi connectivity index (χ0) is 18.7. The highest BCUT2D eigenvalue weighted by atomic mass is 32.2. The van der Waals surface area contributed by atoms with Gasteiger partial charge in [0.05, 0.1) is 11.2 Å². The maximum Gasteiger partial charge on any atom is 0.243 e. The van der Waals surface area contributed by atoms with Crippen molar-refractivity contribution in [2.24, 2.45) is 0 Å². The van der Waals surface area contributed by atoms with Crippen LogP contribution in [0.4, 0.5) is 5.69 Å². The molecular weight excluding hydrogens is 366 g/mol. The molecule has 1 aromatic rings. The molecule has 1 fully saturated rings. The fourth-order valence-electron chi connectivity index (χ4n) is 2.63. The number of nitrogens with zero attached hydrogens (tertiary/aromatic N) is 1. The summed E-state index contributed by atoms with van der Waals surface area (Å²) in [5, 5.41) is 2.66. The van der Waals surface area contributed by atoms with Gasteiger partial charge in [-0.3, -0.25) is 4.79 Å². The second kappa shape index (κ2) is 7.81. The Kier molecular flexibility index (Phi) is 6.20. The lowest BCUT2D eigenvalue weighted by Crippen LogP contribution is -2.46. The van der Waals surface area contributed by atoms with Gasteiger partial charge in [0.2, 0.25) is 26.0 Å². The van der Waals surface area contributed by atoms with Crippen molar-refractivity contribution in [3.8, 4) is 0 Å². The van der Waals surface area contributed by atoms with Crippen LogP contribution < -0.4 is 10.0 Å². The van der Waals surface area contributed by atoms with E-state index in [1.165, 1.54) is 16.4 Å². The quantitative estimate of drug-likeness (QED) is 0.745. The largest absolute Gasteiger partial charge is 0.326 e. The summed E-state index contributed by atoms with van der Waals surface area (Å²) in [6.45, 7) is 2.24. The highest BCUT2D eigenvalue weighted by Gasteiger charge is 2.30. The Morgan fingerprint density at radius 2 is 1.68 bits per heavy atom. The Hall–Kier alpha value is -1.49. The van der Waals surface area contributed by atoms with Crippen molar-refractivity contribution in [1.82, 2.24) is 9.03 Å².